The molecule has 4 aromatic rings. The van der Waals surface area contributed by atoms with Crippen LogP contribution in [0.15, 0.2) is 88.2 Å². The average molecular weight is 519 g/mol. The van der Waals surface area contributed by atoms with Crippen molar-refractivity contribution in [3.05, 3.63) is 107 Å². The number of aromatic nitrogens is 2. The monoisotopic (exact) mass is 518 g/mol. The first-order valence-electron chi connectivity index (χ1n) is 12.1. The van der Waals surface area contributed by atoms with E-state index in [-0.39, 0.29) is 23.0 Å². The highest BCUT2D eigenvalue weighted by molar-refractivity contribution is 7.89. The molecule has 0 radical (unpaired) electrons. The number of rotatable bonds is 10. The first kappa shape index (κ1) is 26.2. The highest BCUT2D eigenvalue weighted by Crippen LogP contribution is 2.20. The van der Waals surface area contributed by atoms with Crippen LogP contribution in [0.4, 0.5) is 6.01 Å². The Hall–Kier alpha value is -3.82. The van der Waals surface area contributed by atoms with Gasteiger partial charge in [0.25, 0.3) is 5.91 Å². The highest BCUT2D eigenvalue weighted by Gasteiger charge is 2.23. The topological polar surface area (TPSA) is 105 Å². The third kappa shape index (κ3) is 6.49. The zero-order valence-electron chi connectivity index (χ0n) is 21.1. The van der Waals surface area contributed by atoms with E-state index in [4.69, 9.17) is 4.42 Å². The van der Waals surface area contributed by atoms with Crippen molar-refractivity contribution >= 4 is 21.9 Å². The summed E-state index contributed by atoms with van der Waals surface area (Å²) in [6.07, 6.45) is 0.449. The number of carbonyl (C=O) groups is 1. The Bertz CT molecular complexity index is 1430. The normalized spacial score (nSPS) is 11.7. The molecule has 0 atom stereocenters. The molecule has 0 aliphatic carbocycles. The minimum Gasteiger partial charge on any atom is -0.407 e. The van der Waals surface area contributed by atoms with Gasteiger partial charge < -0.3 is 4.42 Å². The molecule has 1 heterocycles. The molecule has 3 aromatic carbocycles. The van der Waals surface area contributed by atoms with Gasteiger partial charge in [-0.15, -0.1) is 5.10 Å². The minimum absolute atomic E-state index is 0.0180. The molecule has 0 saturated heterocycles. The molecule has 0 aliphatic rings. The second-order valence-electron chi connectivity index (χ2n) is 8.97. The molecular weight excluding hydrogens is 488 g/mol. The number of benzene rings is 3. The molecule has 0 fully saturated rings. The number of hydrogen-bond donors (Lipinski definition) is 1. The quantitative estimate of drug-likeness (QED) is 0.308. The van der Waals surface area contributed by atoms with Crippen molar-refractivity contribution in [2.24, 2.45) is 0 Å². The lowest BCUT2D eigenvalue weighted by Crippen LogP contribution is -2.30. The van der Waals surface area contributed by atoms with E-state index in [0.717, 1.165) is 11.1 Å². The summed E-state index contributed by atoms with van der Waals surface area (Å²) in [4.78, 5) is 12.8. The molecule has 9 heteroatoms. The van der Waals surface area contributed by atoms with E-state index < -0.39 is 15.9 Å². The van der Waals surface area contributed by atoms with Crippen molar-refractivity contribution in [3.8, 4) is 0 Å². The summed E-state index contributed by atoms with van der Waals surface area (Å²) in [7, 11) is -3.72. The van der Waals surface area contributed by atoms with E-state index in [0.29, 0.717) is 24.8 Å². The van der Waals surface area contributed by atoms with E-state index in [1.807, 2.05) is 42.5 Å². The fraction of sp³-hybridized carbons (Fsp3) is 0.250. The zero-order valence-corrected chi connectivity index (χ0v) is 21.9. The van der Waals surface area contributed by atoms with E-state index in [9.17, 15) is 13.2 Å². The van der Waals surface area contributed by atoms with Crippen LogP contribution in [-0.4, -0.2) is 35.4 Å². The van der Waals surface area contributed by atoms with Crippen LogP contribution in [0.2, 0.25) is 0 Å². The third-order valence-electron chi connectivity index (χ3n) is 6.00. The minimum atomic E-state index is -3.72. The van der Waals surface area contributed by atoms with Crippen molar-refractivity contribution in [2.75, 3.05) is 11.9 Å². The SMILES string of the molecule is CCN(Cc1ccccc1)S(=O)(=O)c1ccc(C(=O)Nc2nnc(Cc3ccc(C(C)C)cc3)o2)cc1. The van der Waals surface area contributed by atoms with Gasteiger partial charge in [-0.25, -0.2) is 8.42 Å². The summed E-state index contributed by atoms with van der Waals surface area (Å²) in [6.45, 7) is 6.66. The predicted molar refractivity (Wildman–Crippen MR) is 142 cm³/mol. The molecule has 0 unspecified atom stereocenters. The lowest BCUT2D eigenvalue weighted by atomic mass is 10.0. The summed E-state index contributed by atoms with van der Waals surface area (Å²) < 4.78 is 33.3. The first-order chi connectivity index (χ1) is 17.8. The average Bonchev–Trinajstić information content (AvgIpc) is 3.34. The summed E-state index contributed by atoms with van der Waals surface area (Å²) in [6, 6.07) is 23.4. The number of anilines is 1. The second kappa shape index (κ2) is 11.5. The molecule has 1 amide bonds. The molecule has 37 heavy (non-hydrogen) atoms. The van der Waals surface area contributed by atoms with Crippen molar-refractivity contribution in [1.29, 1.82) is 0 Å². The second-order valence-corrected chi connectivity index (χ2v) is 10.9. The molecular formula is C28H30N4O4S. The predicted octanol–water partition coefficient (Wildman–Crippen LogP) is 5.25. The zero-order chi connectivity index (χ0) is 26.4. The van der Waals surface area contributed by atoms with Gasteiger partial charge in [-0.2, -0.15) is 4.31 Å². The van der Waals surface area contributed by atoms with E-state index >= 15 is 0 Å². The van der Waals surface area contributed by atoms with Crippen LogP contribution in [0.25, 0.3) is 0 Å². The Labute approximate surface area is 217 Å². The van der Waals surface area contributed by atoms with E-state index in [1.54, 1.807) is 6.92 Å². The van der Waals surface area contributed by atoms with Gasteiger partial charge in [-0.1, -0.05) is 80.5 Å². The van der Waals surface area contributed by atoms with Gasteiger partial charge in [0.1, 0.15) is 0 Å². The molecule has 1 N–H and O–H groups in total. The van der Waals surface area contributed by atoms with Crippen LogP contribution >= 0.6 is 0 Å². The van der Waals surface area contributed by atoms with Crippen LogP contribution < -0.4 is 5.32 Å². The third-order valence-corrected chi connectivity index (χ3v) is 7.93. The van der Waals surface area contributed by atoms with Crippen molar-refractivity contribution in [1.82, 2.24) is 14.5 Å². The van der Waals surface area contributed by atoms with Crippen LogP contribution in [0.5, 0.6) is 0 Å². The van der Waals surface area contributed by atoms with Crippen molar-refractivity contribution in [2.45, 2.75) is 44.6 Å². The molecule has 0 bridgehead atoms. The number of amides is 1. The van der Waals surface area contributed by atoms with Gasteiger partial charge in [0.05, 0.1) is 11.3 Å². The first-order valence-corrected chi connectivity index (χ1v) is 13.6. The van der Waals surface area contributed by atoms with Gasteiger partial charge in [-0.3, -0.25) is 10.1 Å². The van der Waals surface area contributed by atoms with E-state index in [1.165, 1.54) is 34.1 Å². The van der Waals surface area contributed by atoms with Gasteiger partial charge in [0.2, 0.25) is 15.9 Å². The van der Waals surface area contributed by atoms with Crippen LogP contribution in [0.1, 0.15) is 59.6 Å². The van der Waals surface area contributed by atoms with E-state index in [2.05, 4.69) is 41.5 Å². The standard InChI is InChI=1S/C28H30N4O4S/c1-4-32(19-22-8-6-5-7-9-22)37(34,35)25-16-14-24(15-17-25)27(33)29-28-31-30-26(36-28)18-21-10-12-23(13-11-21)20(2)3/h5-17,20H,4,18-19H2,1-3H3,(H,29,31,33). The maximum atomic E-state index is 13.1. The summed E-state index contributed by atoms with van der Waals surface area (Å²) in [5.74, 6) is 0.359. The molecule has 8 nitrogen and oxygen atoms in total. The van der Waals surface area contributed by atoms with Crippen LogP contribution in [0.3, 0.4) is 0 Å². The lowest BCUT2D eigenvalue weighted by Gasteiger charge is -2.20. The van der Waals surface area contributed by atoms with Crippen LogP contribution in [0, 0.1) is 0 Å². The van der Waals surface area contributed by atoms with Gasteiger partial charge in [-0.05, 0) is 46.9 Å². The Morgan fingerprint density at radius 3 is 2.22 bits per heavy atom. The smallest absolute Gasteiger partial charge is 0.322 e. The molecule has 0 aliphatic heterocycles. The lowest BCUT2D eigenvalue weighted by molar-refractivity contribution is 0.102. The van der Waals surface area contributed by atoms with Gasteiger partial charge >= 0.3 is 6.01 Å². The molecule has 4 rings (SSSR count). The Balaban J connectivity index is 1.39. The Morgan fingerprint density at radius 2 is 1.59 bits per heavy atom. The fourth-order valence-electron chi connectivity index (χ4n) is 3.82. The van der Waals surface area contributed by atoms with Gasteiger partial charge in [0, 0.05) is 18.7 Å². The number of hydrogen-bond acceptors (Lipinski definition) is 6. The number of carbonyl (C=O) groups excluding carboxylic acids is 1. The van der Waals surface area contributed by atoms with Crippen LogP contribution in [-0.2, 0) is 23.0 Å². The number of nitrogens with zero attached hydrogens (tertiary/aromatic N) is 3. The Morgan fingerprint density at radius 1 is 0.919 bits per heavy atom. The molecule has 1 aromatic heterocycles. The Kier molecular flexibility index (Phi) is 8.15. The summed E-state index contributed by atoms with van der Waals surface area (Å²) in [5, 5.41) is 10.5. The number of nitrogens with one attached hydrogen (secondary N) is 1. The largest absolute Gasteiger partial charge is 0.407 e. The maximum Gasteiger partial charge on any atom is 0.322 e. The number of sulfonamides is 1. The fourth-order valence-corrected chi connectivity index (χ4v) is 5.26. The summed E-state index contributed by atoms with van der Waals surface area (Å²) >= 11 is 0. The maximum absolute atomic E-state index is 13.1. The molecule has 0 spiro atoms. The summed E-state index contributed by atoms with van der Waals surface area (Å²) in [5.41, 5.74) is 3.44. The molecule has 0 saturated carbocycles. The molecule has 192 valence electrons. The van der Waals surface area contributed by atoms with Gasteiger partial charge in [0.15, 0.2) is 0 Å². The highest BCUT2D eigenvalue weighted by atomic mass is 32.2. The van der Waals surface area contributed by atoms with Crippen molar-refractivity contribution < 1.29 is 17.6 Å². The van der Waals surface area contributed by atoms with Crippen molar-refractivity contribution in [3.63, 3.8) is 0 Å².